The summed E-state index contributed by atoms with van der Waals surface area (Å²) in [6.07, 6.45) is 0. The Bertz CT molecular complexity index is 1160. The molecule has 9 heteroatoms. The van der Waals surface area contributed by atoms with Crippen LogP contribution in [0.3, 0.4) is 0 Å². The fourth-order valence-electron chi connectivity index (χ4n) is 2.98. The van der Waals surface area contributed by atoms with Crippen molar-refractivity contribution in [2.45, 2.75) is 17.5 Å². The van der Waals surface area contributed by atoms with Gasteiger partial charge in [0.15, 0.2) is 11.6 Å². The summed E-state index contributed by atoms with van der Waals surface area (Å²) in [4.78, 5) is 12.2. The molecule has 1 amide bonds. The summed E-state index contributed by atoms with van der Waals surface area (Å²) in [6.45, 7) is -0.412. The van der Waals surface area contributed by atoms with Crippen LogP contribution in [0.25, 0.3) is 0 Å². The number of carbonyl (C=O) groups is 1. The van der Waals surface area contributed by atoms with Gasteiger partial charge >= 0.3 is 0 Å². The zero-order valence-corrected chi connectivity index (χ0v) is 17.1. The Hall–Kier alpha value is -2.81. The Kier molecular flexibility index (Phi) is 6.50. The second-order valence-electron chi connectivity index (χ2n) is 6.47. The topological polar surface area (TPSA) is 80.5 Å². The van der Waals surface area contributed by atoms with Crippen molar-refractivity contribution >= 4 is 27.5 Å². The first-order valence-electron chi connectivity index (χ1n) is 8.76. The van der Waals surface area contributed by atoms with Gasteiger partial charge in [-0.3, -0.25) is 4.79 Å². The van der Waals surface area contributed by atoms with Crippen LogP contribution in [0.4, 0.5) is 8.78 Å². The molecule has 0 aliphatic rings. The van der Waals surface area contributed by atoms with Crippen LogP contribution in [-0.2, 0) is 21.4 Å². The van der Waals surface area contributed by atoms with Gasteiger partial charge in [0.2, 0.25) is 15.9 Å². The lowest BCUT2D eigenvalue weighted by molar-refractivity contribution is -0.122. The third-order valence-corrected chi connectivity index (χ3v) is 6.49. The zero-order valence-electron chi connectivity index (χ0n) is 15.5. The fourth-order valence-corrected chi connectivity index (χ4v) is 4.68. The molecular formula is C21H17ClF2N2O3S. The van der Waals surface area contributed by atoms with Crippen molar-refractivity contribution in [3.63, 3.8) is 0 Å². The Morgan fingerprint density at radius 2 is 1.60 bits per heavy atom. The third-order valence-electron chi connectivity index (χ3n) is 4.42. The van der Waals surface area contributed by atoms with E-state index in [0.717, 1.165) is 16.4 Å². The molecule has 3 rings (SSSR count). The molecule has 0 fully saturated rings. The lowest BCUT2D eigenvalue weighted by atomic mass is 10.1. The van der Waals surface area contributed by atoms with E-state index >= 15 is 0 Å². The van der Waals surface area contributed by atoms with Crippen molar-refractivity contribution in [1.29, 1.82) is 0 Å². The van der Waals surface area contributed by atoms with Crippen LogP contribution >= 0.6 is 11.6 Å². The minimum atomic E-state index is -4.27. The molecule has 2 N–H and O–H groups in total. The molecular weight excluding hydrogens is 434 g/mol. The van der Waals surface area contributed by atoms with E-state index in [4.69, 9.17) is 17.3 Å². The SMILES string of the molecule is NC(=O)C(c1ccccc1)N(Cc1ccc(F)c(F)c1)S(=O)(=O)c1ccc(Cl)cc1. The second kappa shape index (κ2) is 8.91. The number of nitrogens with zero attached hydrogens (tertiary/aromatic N) is 1. The lowest BCUT2D eigenvalue weighted by Crippen LogP contribution is -2.41. The van der Waals surface area contributed by atoms with Gasteiger partial charge in [-0.15, -0.1) is 0 Å². The van der Waals surface area contributed by atoms with Gasteiger partial charge in [-0.25, -0.2) is 17.2 Å². The molecule has 3 aromatic rings. The lowest BCUT2D eigenvalue weighted by Gasteiger charge is -2.29. The van der Waals surface area contributed by atoms with E-state index in [0.29, 0.717) is 10.6 Å². The summed E-state index contributed by atoms with van der Waals surface area (Å²) < 4.78 is 54.8. The number of carbonyl (C=O) groups excluding carboxylic acids is 1. The molecule has 0 aliphatic heterocycles. The third kappa shape index (κ3) is 4.67. The van der Waals surface area contributed by atoms with Gasteiger partial charge < -0.3 is 5.73 Å². The highest BCUT2D eigenvalue weighted by atomic mass is 35.5. The highest BCUT2D eigenvalue weighted by Gasteiger charge is 2.36. The summed E-state index contributed by atoms with van der Waals surface area (Å²) in [5.41, 5.74) is 6.06. The minimum absolute atomic E-state index is 0.128. The van der Waals surface area contributed by atoms with Gasteiger partial charge in [0.25, 0.3) is 0 Å². The van der Waals surface area contributed by atoms with Crippen molar-refractivity contribution < 1.29 is 22.0 Å². The van der Waals surface area contributed by atoms with Crippen LogP contribution in [0.2, 0.25) is 5.02 Å². The Morgan fingerprint density at radius 3 is 2.17 bits per heavy atom. The van der Waals surface area contributed by atoms with Gasteiger partial charge in [0.05, 0.1) is 4.90 Å². The number of sulfonamides is 1. The van der Waals surface area contributed by atoms with Gasteiger partial charge in [0.1, 0.15) is 6.04 Å². The molecule has 0 heterocycles. The standard InChI is InChI=1S/C21H17ClF2N2O3S/c22-16-7-9-17(10-8-16)30(28,29)26(13-14-6-11-18(23)19(24)12-14)20(21(25)27)15-4-2-1-3-5-15/h1-12,20H,13H2,(H2,25,27). The molecule has 1 atom stereocenters. The van der Waals surface area contributed by atoms with Crippen LogP contribution in [0.5, 0.6) is 0 Å². The molecule has 1 unspecified atom stereocenters. The van der Waals surface area contributed by atoms with Crippen molar-refractivity contribution in [3.05, 3.63) is 101 Å². The van der Waals surface area contributed by atoms with Gasteiger partial charge in [-0.1, -0.05) is 48.0 Å². The van der Waals surface area contributed by atoms with Crippen LogP contribution in [0.15, 0.2) is 77.7 Å². The Labute approximate surface area is 177 Å². The maximum absolute atomic E-state index is 13.7. The molecule has 5 nitrogen and oxygen atoms in total. The van der Waals surface area contributed by atoms with Crippen LogP contribution in [0, 0.1) is 11.6 Å². The van der Waals surface area contributed by atoms with Crippen LogP contribution in [0.1, 0.15) is 17.2 Å². The van der Waals surface area contributed by atoms with Crippen LogP contribution in [-0.4, -0.2) is 18.6 Å². The maximum atomic E-state index is 13.7. The first kappa shape index (κ1) is 21.9. The highest BCUT2D eigenvalue weighted by Crippen LogP contribution is 2.30. The normalized spacial score (nSPS) is 12.7. The van der Waals surface area contributed by atoms with E-state index < -0.39 is 40.2 Å². The highest BCUT2D eigenvalue weighted by molar-refractivity contribution is 7.89. The largest absolute Gasteiger partial charge is 0.368 e. The summed E-state index contributed by atoms with van der Waals surface area (Å²) in [7, 11) is -4.27. The smallest absolute Gasteiger partial charge is 0.244 e. The predicted octanol–water partition coefficient (Wildman–Crippen LogP) is 4.04. The van der Waals surface area contributed by atoms with Gasteiger partial charge in [0, 0.05) is 11.6 Å². The van der Waals surface area contributed by atoms with E-state index in [1.165, 1.54) is 30.3 Å². The average molecular weight is 451 g/mol. The number of amides is 1. The first-order valence-corrected chi connectivity index (χ1v) is 10.6. The predicted molar refractivity (Wildman–Crippen MR) is 109 cm³/mol. The molecule has 0 bridgehead atoms. The number of hydrogen-bond acceptors (Lipinski definition) is 3. The minimum Gasteiger partial charge on any atom is -0.368 e. The molecule has 0 radical (unpaired) electrons. The quantitative estimate of drug-likeness (QED) is 0.590. The molecule has 156 valence electrons. The van der Waals surface area contributed by atoms with E-state index in [9.17, 15) is 22.0 Å². The van der Waals surface area contributed by atoms with Crippen molar-refractivity contribution in [2.24, 2.45) is 5.73 Å². The molecule has 3 aromatic carbocycles. The van der Waals surface area contributed by atoms with Crippen molar-refractivity contribution in [2.75, 3.05) is 0 Å². The number of nitrogens with two attached hydrogens (primary N) is 1. The molecule has 0 aliphatic carbocycles. The van der Waals surface area contributed by atoms with Crippen molar-refractivity contribution in [3.8, 4) is 0 Å². The second-order valence-corrected chi connectivity index (χ2v) is 8.80. The number of halogens is 3. The molecule has 30 heavy (non-hydrogen) atoms. The Balaban J connectivity index is 2.15. The molecule has 0 aromatic heterocycles. The summed E-state index contributed by atoms with van der Waals surface area (Å²) in [6, 6.07) is 15.1. The van der Waals surface area contributed by atoms with E-state index in [2.05, 4.69) is 0 Å². The van der Waals surface area contributed by atoms with Crippen LogP contribution < -0.4 is 5.73 Å². The number of rotatable bonds is 7. The average Bonchev–Trinajstić information content (AvgIpc) is 2.71. The maximum Gasteiger partial charge on any atom is 0.244 e. The zero-order chi connectivity index (χ0) is 21.9. The summed E-state index contributed by atoms with van der Waals surface area (Å²) in [5.74, 6) is -3.12. The van der Waals surface area contributed by atoms with E-state index in [-0.39, 0.29) is 10.5 Å². The first-order chi connectivity index (χ1) is 14.2. The summed E-state index contributed by atoms with van der Waals surface area (Å²) >= 11 is 5.85. The van der Waals surface area contributed by atoms with E-state index in [1.54, 1.807) is 30.3 Å². The molecule has 0 saturated carbocycles. The fraction of sp³-hybridized carbons (Fsp3) is 0.0952. The number of benzene rings is 3. The molecule has 0 spiro atoms. The number of hydrogen-bond donors (Lipinski definition) is 1. The van der Waals surface area contributed by atoms with Gasteiger partial charge in [-0.2, -0.15) is 4.31 Å². The van der Waals surface area contributed by atoms with Gasteiger partial charge in [-0.05, 0) is 47.5 Å². The molecule has 0 saturated heterocycles. The van der Waals surface area contributed by atoms with Crippen molar-refractivity contribution in [1.82, 2.24) is 4.31 Å². The summed E-state index contributed by atoms with van der Waals surface area (Å²) in [5, 5.41) is 0.329. The Morgan fingerprint density at radius 1 is 0.967 bits per heavy atom. The monoisotopic (exact) mass is 450 g/mol. The van der Waals surface area contributed by atoms with E-state index in [1.807, 2.05) is 0 Å². The number of primary amides is 1.